The second-order valence-corrected chi connectivity index (χ2v) is 3.78. The summed E-state index contributed by atoms with van der Waals surface area (Å²) < 4.78 is 13.4. The van der Waals surface area contributed by atoms with Gasteiger partial charge in [-0.15, -0.1) is 0 Å². The molecule has 15 heavy (non-hydrogen) atoms. The van der Waals surface area contributed by atoms with Crippen LogP contribution in [0.4, 0.5) is 4.39 Å². The first-order valence-corrected chi connectivity index (χ1v) is 5.04. The lowest BCUT2D eigenvalue weighted by Crippen LogP contribution is -2.12. The van der Waals surface area contributed by atoms with Gasteiger partial charge in [0.25, 0.3) is 0 Å². The van der Waals surface area contributed by atoms with Gasteiger partial charge < -0.3 is 5.11 Å². The topological polar surface area (TPSA) is 37.3 Å². The molecule has 1 aromatic carbocycles. The van der Waals surface area contributed by atoms with Crippen LogP contribution in [0.2, 0.25) is 5.02 Å². The highest BCUT2D eigenvalue weighted by Gasteiger charge is 2.21. The van der Waals surface area contributed by atoms with Crippen molar-refractivity contribution in [2.45, 2.75) is 26.2 Å². The van der Waals surface area contributed by atoms with Gasteiger partial charge in [-0.3, -0.25) is 4.79 Å². The van der Waals surface area contributed by atoms with Gasteiger partial charge in [0, 0.05) is 0 Å². The number of hydrogen-bond acceptors (Lipinski definition) is 1. The molecule has 0 aliphatic heterocycles. The van der Waals surface area contributed by atoms with E-state index in [0.29, 0.717) is 17.5 Å². The normalized spacial score (nSPS) is 12.5. The Bertz CT molecular complexity index is 390. The van der Waals surface area contributed by atoms with Crippen LogP contribution in [0.5, 0.6) is 0 Å². The monoisotopic (exact) mass is 230 g/mol. The molecule has 0 aromatic heterocycles. The minimum absolute atomic E-state index is 0.0245. The lowest BCUT2D eigenvalue weighted by atomic mass is 9.92. The molecule has 0 radical (unpaired) electrons. The first kappa shape index (κ1) is 12.0. The van der Waals surface area contributed by atoms with Crippen molar-refractivity contribution in [3.63, 3.8) is 0 Å². The third kappa shape index (κ3) is 2.29. The van der Waals surface area contributed by atoms with Gasteiger partial charge in [0.2, 0.25) is 0 Å². The van der Waals surface area contributed by atoms with Gasteiger partial charge in [-0.25, -0.2) is 4.39 Å². The van der Waals surface area contributed by atoms with E-state index in [0.717, 1.165) is 0 Å². The first-order chi connectivity index (χ1) is 6.99. The predicted molar refractivity (Wildman–Crippen MR) is 56.8 cm³/mol. The van der Waals surface area contributed by atoms with E-state index in [1.807, 2.05) is 0 Å². The Morgan fingerprint density at radius 3 is 2.67 bits per heavy atom. The van der Waals surface area contributed by atoms with Crippen molar-refractivity contribution < 1.29 is 14.3 Å². The Morgan fingerprint density at radius 2 is 2.20 bits per heavy atom. The fourth-order valence-corrected chi connectivity index (χ4v) is 1.78. The molecule has 0 saturated carbocycles. The largest absolute Gasteiger partial charge is 0.481 e. The number of benzene rings is 1. The molecular formula is C11H12ClFO2. The van der Waals surface area contributed by atoms with E-state index in [1.165, 1.54) is 6.07 Å². The van der Waals surface area contributed by atoms with E-state index in [4.69, 9.17) is 16.7 Å². The Kier molecular flexibility index (Phi) is 3.69. The Morgan fingerprint density at radius 1 is 1.60 bits per heavy atom. The van der Waals surface area contributed by atoms with E-state index in [9.17, 15) is 9.18 Å². The minimum Gasteiger partial charge on any atom is -0.481 e. The maximum absolute atomic E-state index is 13.4. The summed E-state index contributed by atoms with van der Waals surface area (Å²) in [5, 5.41) is 8.98. The molecule has 0 aliphatic rings. The molecule has 0 spiro atoms. The molecule has 1 aromatic rings. The maximum atomic E-state index is 13.4. The minimum atomic E-state index is -0.942. The summed E-state index contributed by atoms with van der Waals surface area (Å²) in [5.41, 5.74) is 0.809. The van der Waals surface area contributed by atoms with Crippen molar-refractivity contribution >= 4 is 17.6 Å². The van der Waals surface area contributed by atoms with Crippen molar-refractivity contribution in [1.82, 2.24) is 0 Å². The van der Waals surface area contributed by atoms with Crippen LogP contribution in [0.25, 0.3) is 0 Å². The van der Waals surface area contributed by atoms with E-state index in [1.54, 1.807) is 19.9 Å². The van der Waals surface area contributed by atoms with Crippen LogP contribution < -0.4 is 0 Å². The molecular weight excluding hydrogens is 219 g/mol. The third-order valence-corrected chi connectivity index (χ3v) is 2.75. The quantitative estimate of drug-likeness (QED) is 0.865. The molecule has 0 aliphatic carbocycles. The van der Waals surface area contributed by atoms with Gasteiger partial charge in [0.05, 0.1) is 10.9 Å². The Balaban J connectivity index is 3.25. The Hall–Kier alpha value is -1.09. The number of rotatable bonds is 3. The number of aliphatic carboxylic acids is 1. The molecule has 0 bridgehead atoms. The molecule has 1 atom stereocenters. The van der Waals surface area contributed by atoms with Crippen molar-refractivity contribution in [2.75, 3.05) is 0 Å². The first-order valence-electron chi connectivity index (χ1n) is 4.66. The van der Waals surface area contributed by atoms with E-state index >= 15 is 0 Å². The average molecular weight is 231 g/mol. The molecule has 0 amide bonds. The molecule has 1 unspecified atom stereocenters. The number of carboxylic acid groups (broad SMARTS) is 1. The van der Waals surface area contributed by atoms with Crippen molar-refractivity contribution in [3.05, 3.63) is 34.1 Å². The average Bonchev–Trinajstić information content (AvgIpc) is 2.18. The van der Waals surface area contributed by atoms with Crippen LogP contribution in [0.3, 0.4) is 0 Å². The summed E-state index contributed by atoms with van der Waals surface area (Å²) >= 11 is 5.59. The summed E-state index contributed by atoms with van der Waals surface area (Å²) in [6.45, 7) is 3.30. The highest BCUT2D eigenvalue weighted by molar-refractivity contribution is 6.30. The molecule has 1 N–H and O–H groups in total. The zero-order chi connectivity index (χ0) is 11.6. The van der Waals surface area contributed by atoms with Gasteiger partial charge in [-0.2, -0.15) is 0 Å². The van der Waals surface area contributed by atoms with E-state index in [-0.39, 0.29) is 5.02 Å². The molecule has 0 heterocycles. The third-order valence-electron chi connectivity index (χ3n) is 2.46. The number of halogens is 2. The fourth-order valence-electron chi connectivity index (χ4n) is 1.57. The molecule has 1 rings (SSSR count). The SMILES string of the molecule is CCC(C(=O)O)c1ccc(Cl)c(F)c1C. The second kappa shape index (κ2) is 4.62. The number of carboxylic acids is 1. The predicted octanol–water partition coefficient (Wildman–Crippen LogP) is 3.37. The van der Waals surface area contributed by atoms with Crippen LogP contribution in [0.1, 0.15) is 30.4 Å². The molecule has 4 heteroatoms. The summed E-state index contributed by atoms with van der Waals surface area (Å²) in [6.07, 6.45) is 0.428. The van der Waals surface area contributed by atoms with Gasteiger partial charge in [0.1, 0.15) is 5.82 Å². The molecule has 0 fully saturated rings. The summed E-state index contributed by atoms with van der Waals surface area (Å²) in [6, 6.07) is 2.97. The van der Waals surface area contributed by atoms with Gasteiger partial charge in [-0.05, 0) is 30.5 Å². The Labute approximate surface area is 92.7 Å². The van der Waals surface area contributed by atoms with E-state index < -0.39 is 17.7 Å². The van der Waals surface area contributed by atoms with Crippen LogP contribution >= 0.6 is 11.6 Å². The molecule has 82 valence electrons. The summed E-state index contributed by atoms with van der Waals surface area (Å²) in [4.78, 5) is 10.9. The molecule has 0 saturated heterocycles. The van der Waals surface area contributed by atoms with Crippen molar-refractivity contribution in [1.29, 1.82) is 0 Å². The van der Waals surface area contributed by atoms with E-state index in [2.05, 4.69) is 0 Å². The van der Waals surface area contributed by atoms with Crippen LogP contribution in [0, 0.1) is 12.7 Å². The van der Waals surface area contributed by atoms with Crippen LogP contribution in [0.15, 0.2) is 12.1 Å². The highest BCUT2D eigenvalue weighted by atomic mass is 35.5. The van der Waals surface area contributed by atoms with Gasteiger partial charge in [-0.1, -0.05) is 24.6 Å². The lowest BCUT2D eigenvalue weighted by molar-refractivity contribution is -0.138. The van der Waals surface area contributed by atoms with Crippen LogP contribution in [-0.2, 0) is 4.79 Å². The van der Waals surface area contributed by atoms with Crippen LogP contribution in [-0.4, -0.2) is 11.1 Å². The van der Waals surface area contributed by atoms with Gasteiger partial charge >= 0.3 is 5.97 Å². The smallest absolute Gasteiger partial charge is 0.310 e. The fraction of sp³-hybridized carbons (Fsp3) is 0.364. The zero-order valence-corrected chi connectivity index (χ0v) is 9.31. The summed E-state index contributed by atoms with van der Waals surface area (Å²) in [7, 11) is 0. The lowest BCUT2D eigenvalue weighted by Gasteiger charge is -2.14. The summed E-state index contributed by atoms with van der Waals surface area (Å²) in [5.74, 6) is -2.15. The highest BCUT2D eigenvalue weighted by Crippen LogP contribution is 2.28. The van der Waals surface area contributed by atoms with Gasteiger partial charge in [0.15, 0.2) is 0 Å². The maximum Gasteiger partial charge on any atom is 0.310 e. The van der Waals surface area contributed by atoms with Crippen molar-refractivity contribution in [2.24, 2.45) is 0 Å². The number of carbonyl (C=O) groups is 1. The number of hydrogen-bond donors (Lipinski definition) is 1. The zero-order valence-electron chi connectivity index (χ0n) is 8.55. The molecule has 2 nitrogen and oxygen atoms in total. The standard InChI is InChI=1S/C11H12ClFO2/c1-3-7(11(14)15)8-4-5-9(12)10(13)6(8)2/h4-5,7H,3H2,1-2H3,(H,14,15). The second-order valence-electron chi connectivity index (χ2n) is 3.37. The van der Waals surface area contributed by atoms with Crippen molar-refractivity contribution in [3.8, 4) is 0 Å².